The molecule has 0 aromatic heterocycles. The molecule has 0 aromatic rings. The molecule has 0 aliphatic carbocycles. The molecular weight excluding hydrogens is 186 g/mol. The maximum absolute atomic E-state index is 8.90. The van der Waals surface area contributed by atoms with E-state index in [9.17, 15) is 0 Å². The maximum atomic E-state index is 8.90. The molecule has 2 aliphatic rings. The van der Waals surface area contributed by atoms with Crippen LogP contribution in [-0.2, 0) is 0 Å². The number of piperidine rings is 1. The highest BCUT2D eigenvalue weighted by atomic mass is 15.2. The number of rotatable bonds is 3. The molecule has 2 fully saturated rings. The Morgan fingerprint density at radius 2 is 1.67 bits per heavy atom. The molecule has 84 valence electrons. The molecule has 1 unspecified atom stereocenters. The van der Waals surface area contributed by atoms with Gasteiger partial charge in [-0.25, -0.2) is 0 Å². The predicted molar refractivity (Wildman–Crippen MR) is 60.5 cm³/mol. The van der Waals surface area contributed by atoms with Gasteiger partial charge in [0.1, 0.15) is 0 Å². The summed E-state index contributed by atoms with van der Waals surface area (Å²) in [6, 6.07) is 2.41. The largest absolute Gasteiger partial charge is 0.302 e. The summed E-state index contributed by atoms with van der Waals surface area (Å²) < 4.78 is 0. The lowest BCUT2D eigenvalue weighted by Gasteiger charge is -2.30. The van der Waals surface area contributed by atoms with Gasteiger partial charge >= 0.3 is 0 Å². The van der Waals surface area contributed by atoms with Crippen LogP contribution in [0.25, 0.3) is 0 Å². The van der Waals surface area contributed by atoms with E-state index in [1.807, 2.05) is 0 Å². The zero-order valence-electron chi connectivity index (χ0n) is 9.49. The van der Waals surface area contributed by atoms with E-state index >= 15 is 0 Å². The van der Waals surface area contributed by atoms with Crippen LogP contribution in [0.5, 0.6) is 0 Å². The van der Waals surface area contributed by atoms with Crippen molar-refractivity contribution in [3.8, 4) is 6.07 Å². The molecule has 2 aliphatic heterocycles. The second kappa shape index (κ2) is 5.48. The fraction of sp³-hybridized carbons (Fsp3) is 0.917. The van der Waals surface area contributed by atoms with Gasteiger partial charge in [-0.3, -0.25) is 0 Å². The van der Waals surface area contributed by atoms with Crippen LogP contribution < -0.4 is 0 Å². The van der Waals surface area contributed by atoms with Crippen LogP contribution in [0.15, 0.2) is 0 Å². The van der Waals surface area contributed by atoms with Crippen LogP contribution in [-0.4, -0.2) is 49.1 Å². The zero-order chi connectivity index (χ0) is 10.5. The minimum Gasteiger partial charge on any atom is -0.302 e. The molecule has 3 nitrogen and oxygen atoms in total. The number of nitriles is 1. The minimum atomic E-state index is 0.289. The van der Waals surface area contributed by atoms with Crippen molar-refractivity contribution in [3.05, 3.63) is 0 Å². The van der Waals surface area contributed by atoms with Gasteiger partial charge in [-0.2, -0.15) is 5.26 Å². The quantitative estimate of drug-likeness (QED) is 0.699. The smallest absolute Gasteiger partial charge is 0.0669 e. The van der Waals surface area contributed by atoms with E-state index < -0.39 is 0 Å². The summed E-state index contributed by atoms with van der Waals surface area (Å²) in [5.41, 5.74) is 0. The standard InChI is InChI=1S/C12H21N3/c13-10-12-4-3-7-15(11-12)9-8-14-5-1-2-6-14/h12H,1-9,11H2. The fourth-order valence-corrected chi connectivity index (χ4v) is 2.65. The number of hydrogen-bond donors (Lipinski definition) is 0. The van der Waals surface area contributed by atoms with Crippen LogP contribution in [0.1, 0.15) is 25.7 Å². The molecule has 0 bridgehead atoms. The molecule has 3 heteroatoms. The topological polar surface area (TPSA) is 30.3 Å². The molecule has 2 saturated heterocycles. The lowest BCUT2D eigenvalue weighted by molar-refractivity contribution is 0.175. The van der Waals surface area contributed by atoms with Crippen LogP contribution in [0.4, 0.5) is 0 Å². The Labute approximate surface area is 92.7 Å². The van der Waals surface area contributed by atoms with E-state index in [1.165, 1.54) is 45.4 Å². The summed E-state index contributed by atoms with van der Waals surface area (Å²) in [6.07, 6.45) is 5.07. The first-order valence-corrected chi connectivity index (χ1v) is 6.23. The Balaban J connectivity index is 1.67. The lowest BCUT2D eigenvalue weighted by atomic mass is 10.00. The van der Waals surface area contributed by atoms with E-state index in [1.54, 1.807) is 0 Å². The summed E-state index contributed by atoms with van der Waals surface area (Å²) in [5, 5.41) is 8.90. The van der Waals surface area contributed by atoms with Gasteiger partial charge in [0.2, 0.25) is 0 Å². The highest BCUT2D eigenvalue weighted by molar-refractivity contribution is 4.88. The van der Waals surface area contributed by atoms with Crippen molar-refractivity contribution in [3.63, 3.8) is 0 Å². The summed E-state index contributed by atoms with van der Waals surface area (Å²) in [6.45, 7) is 7.15. The first-order valence-electron chi connectivity index (χ1n) is 6.23. The van der Waals surface area contributed by atoms with Crippen molar-refractivity contribution in [2.75, 3.05) is 39.3 Å². The Kier molecular flexibility index (Phi) is 3.99. The molecule has 0 aromatic carbocycles. The van der Waals surface area contributed by atoms with Gasteiger partial charge in [0, 0.05) is 19.6 Å². The van der Waals surface area contributed by atoms with E-state index in [0.29, 0.717) is 0 Å². The second-order valence-corrected chi connectivity index (χ2v) is 4.82. The second-order valence-electron chi connectivity index (χ2n) is 4.82. The van der Waals surface area contributed by atoms with E-state index in [0.717, 1.165) is 19.5 Å². The molecule has 1 atom stereocenters. The SMILES string of the molecule is N#CC1CCCN(CCN2CCCC2)C1. The minimum absolute atomic E-state index is 0.289. The van der Waals surface area contributed by atoms with E-state index in [2.05, 4.69) is 15.9 Å². The monoisotopic (exact) mass is 207 g/mol. The van der Waals surface area contributed by atoms with Crippen molar-refractivity contribution in [1.82, 2.24) is 9.80 Å². The highest BCUT2D eigenvalue weighted by Gasteiger charge is 2.20. The average molecular weight is 207 g/mol. The molecule has 0 amide bonds. The van der Waals surface area contributed by atoms with Crippen LogP contribution in [0.2, 0.25) is 0 Å². The summed E-state index contributed by atoms with van der Waals surface area (Å²) in [4.78, 5) is 5.02. The third kappa shape index (κ3) is 3.19. The van der Waals surface area contributed by atoms with Crippen molar-refractivity contribution in [2.24, 2.45) is 5.92 Å². The number of nitrogens with zero attached hydrogens (tertiary/aromatic N) is 3. The van der Waals surface area contributed by atoms with Gasteiger partial charge < -0.3 is 9.80 Å². The normalized spacial score (nSPS) is 29.1. The van der Waals surface area contributed by atoms with Gasteiger partial charge in [0.15, 0.2) is 0 Å². The number of likely N-dealkylation sites (tertiary alicyclic amines) is 2. The van der Waals surface area contributed by atoms with Gasteiger partial charge in [-0.1, -0.05) is 0 Å². The van der Waals surface area contributed by atoms with E-state index in [4.69, 9.17) is 5.26 Å². The Bertz CT molecular complexity index is 228. The van der Waals surface area contributed by atoms with Gasteiger partial charge in [-0.15, -0.1) is 0 Å². The first-order chi connectivity index (χ1) is 7.38. The first kappa shape index (κ1) is 10.9. The molecule has 2 heterocycles. The average Bonchev–Trinajstić information content (AvgIpc) is 2.79. The van der Waals surface area contributed by atoms with Gasteiger partial charge in [0.05, 0.1) is 12.0 Å². The summed E-state index contributed by atoms with van der Waals surface area (Å²) in [7, 11) is 0. The summed E-state index contributed by atoms with van der Waals surface area (Å²) >= 11 is 0. The number of hydrogen-bond acceptors (Lipinski definition) is 3. The molecule has 15 heavy (non-hydrogen) atoms. The van der Waals surface area contributed by atoms with Crippen LogP contribution in [0, 0.1) is 17.2 Å². The van der Waals surface area contributed by atoms with Crippen LogP contribution in [0.3, 0.4) is 0 Å². The van der Waals surface area contributed by atoms with Gasteiger partial charge in [-0.05, 0) is 45.3 Å². The van der Waals surface area contributed by atoms with Crippen molar-refractivity contribution in [2.45, 2.75) is 25.7 Å². The van der Waals surface area contributed by atoms with Crippen LogP contribution >= 0.6 is 0 Å². The maximum Gasteiger partial charge on any atom is 0.0669 e. The van der Waals surface area contributed by atoms with Gasteiger partial charge in [0.25, 0.3) is 0 Å². The predicted octanol–water partition coefficient (Wildman–Crippen LogP) is 1.32. The molecular formula is C12H21N3. The Hall–Kier alpha value is -0.590. The lowest BCUT2D eigenvalue weighted by Crippen LogP contribution is -2.39. The highest BCUT2D eigenvalue weighted by Crippen LogP contribution is 2.15. The third-order valence-corrected chi connectivity index (χ3v) is 3.62. The molecule has 2 rings (SSSR count). The fourth-order valence-electron chi connectivity index (χ4n) is 2.65. The molecule has 0 radical (unpaired) electrons. The van der Waals surface area contributed by atoms with E-state index in [-0.39, 0.29) is 5.92 Å². The zero-order valence-corrected chi connectivity index (χ0v) is 9.49. The Morgan fingerprint density at radius 3 is 2.40 bits per heavy atom. The van der Waals surface area contributed by atoms with Crippen molar-refractivity contribution in [1.29, 1.82) is 5.26 Å². The molecule has 0 saturated carbocycles. The third-order valence-electron chi connectivity index (χ3n) is 3.62. The Morgan fingerprint density at radius 1 is 1.00 bits per heavy atom. The van der Waals surface area contributed by atoms with Crippen molar-refractivity contribution < 1.29 is 0 Å². The molecule has 0 N–H and O–H groups in total. The summed E-state index contributed by atoms with van der Waals surface area (Å²) in [5.74, 6) is 0.289. The van der Waals surface area contributed by atoms with Crippen molar-refractivity contribution >= 4 is 0 Å². The molecule has 0 spiro atoms.